The van der Waals surface area contributed by atoms with Gasteiger partial charge in [0, 0.05) is 34.0 Å². The molecule has 0 radical (unpaired) electrons. The van der Waals surface area contributed by atoms with Crippen LogP contribution in [0.5, 0.6) is 0 Å². The van der Waals surface area contributed by atoms with Crippen LogP contribution in [0.2, 0.25) is 0 Å². The molecule has 10 aromatic rings. The van der Waals surface area contributed by atoms with Crippen molar-refractivity contribution in [3.05, 3.63) is 181 Å². The summed E-state index contributed by atoms with van der Waals surface area (Å²) in [4.78, 5) is 10.1. The number of furan rings is 1. The number of nitrogens with zero attached hydrogens (tertiary/aromatic N) is 2. The third-order valence-corrected chi connectivity index (χ3v) is 9.83. The molecule has 3 heteroatoms. The molecule has 10 rings (SSSR count). The van der Waals surface area contributed by atoms with Crippen molar-refractivity contribution in [2.75, 3.05) is 0 Å². The SMILES string of the molecule is [2H]c1cc(-c2ccc3c4ccccc4c4ccccc4c3c2)cc2c1oc1cccc(Cc3cc(-c4ccccc4)nc(-c4ccccc4)n3)c12. The standard InChI is InChI=1S/C47H30N2O/c1-3-12-30(13-4-1)43-29-35(48-47(49-43)31-14-5-2-6-15-31)26-34-16-11-21-45-46(34)42-28-33(23-25-44(42)50-45)32-22-24-40-38-19-8-7-17-36(38)37-18-9-10-20-39(37)41(40)27-32/h1-25,27-29H,26H2/i25D. The van der Waals surface area contributed by atoms with Gasteiger partial charge in [-0.25, -0.2) is 9.97 Å². The molecule has 0 aliphatic rings. The predicted octanol–water partition coefficient (Wildman–Crippen LogP) is 12.4. The van der Waals surface area contributed by atoms with Gasteiger partial charge in [0.1, 0.15) is 11.2 Å². The Labute approximate surface area is 290 Å². The summed E-state index contributed by atoms with van der Waals surface area (Å²) in [5, 5.41) is 9.37. The second kappa shape index (κ2) is 11.5. The molecule has 8 aromatic carbocycles. The van der Waals surface area contributed by atoms with Crippen molar-refractivity contribution in [1.29, 1.82) is 0 Å². The van der Waals surface area contributed by atoms with Gasteiger partial charge in [-0.05, 0) is 79.3 Å². The molecule has 2 heterocycles. The molecular weight excluding hydrogens is 609 g/mol. The summed E-state index contributed by atoms with van der Waals surface area (Å²) in [5.41, 5.74) is 8.34. The lowest BCUT2D eigenvalue weighted by atomic mass is 9.91. The van der Waals surface area contributed by atoms with Crippen LogP contribution in [0, 0.1) is 0 Å². The first-order chi connectivity index (χ1) is 25.2. The molecule has 0 aliphatic heterocycles. The van der Waals surface area contributed by atoms with Crippen LogP contribution in [0.25, 0.3) is 88.0 Å². The summed E-state index contributed by atoms with van der Waals surface area (Å²) in [7, 11) is 0. The molecule has 234 valence electrons. The minimum absolute atomic E-state index is 0.368. The minimum atomic E-state index is 0.368. The van der Waals surface area contributed by atoms with E-state index in [1.807, 2.05) is 66.7 Å². The molecule has 3 nitrogen and oxygen atoms in total. The van der Waals surface area contributed by atoms with Crippen LogP contribution in [-0.4, -0.2) is 9.97 Å². The topological polar surface area (TPSA) is 38.9 Å². The normalized spacial score (nSPS) is 12.0. The first kappa shape index (κ1) is 27.4. The summed E-state index contributed by atoms with van der Waals surface area (Å²) in [6.45, 7) is 0. The van der Waals surface area contributed by atoms with E-state index in [9.17, 15) is 0 Å². The van der Waals surface area contributed by atoms with Gasteiger partial charge in [-0.2, -0.15) is 0 Å². The molecule has 0 N–H and O–H groups in total. The van der Waals surface area contributed by atoms with Gasteiger partial charge in [0.15, 0.2) is 5.82 Å². The Hall–Kier alpha value is -6.58. The number of rotatable bonds is 5. The van der Waals surface area contributed by atoms with E-state index in [-0.39, 0.29) is 0 Å². The van der Waals surface area contributed by atoms with Gasteiger partial charge < -0.3 is 4.42 Å². The molecule has 0 aliphatic carbocycles. The van der Waals surface area contributed by atoms with E-state index in [1.54, 1.807) is 0 Å². The highest BCUT2D eigenvalue weighted by molar-refractivity contribution is 6.25. The molecule has 0 fully saturated rings. The predicted molar refractivity (Wildman–Crippen MR) is 207 cm³/mol. The number of fused-ring (bicyclic) bond motifs is 9. The first-order valence-corrected chi connectivity index (χ1v) is 16.9. The van der Waals surface area contributed by atoms with Gasteiger partial charge in [0.25, 0.3) is 0 Å². The van der Waals surface area contributed by atoms with E-state index in [1.165, 1.54) is 32.3 Å². The van der Waals surface area contributed by atoms with Crippen molar-refractivity contribution >= 4 is 54.3 Å². The number of benzene rings is 8. The maximum atomic E-state index is 9.11. The average Bonchev–Trinajstić information content (AvgIpc) is 3.59. The maximum absolute atomic E-state index is 9.11. The number of aromatic nitrogens is 2. The lowest BCUT2D eigenvalue weighted by Gasteiger charge is -2.12. The molecule has 50 heavy (non-hydrogen) atoms. The molecule has 0 bridgehead atoms. The van der Waals surface area contributed by atoms with Crippen LogP contribution in [0.1, 0.15) is 12.6 Å². The summed E-state index contributed by atoms with van der Waals surface area (Å²) >= 11 is 0. The van der Waals surface area contributed by atoms with Crippen LogP contribution in [0.4, 0.5) is 0 Å². The maximum Gasteiger partial charge on any atom is 0.160 e. The monoisotopic (exact) mass is 639 g/mol. The summed E-state index contributed by atoms with van der Waals surface area (Å²) in [6, 6.07) is 57.1. The Balaban J connectivity index is 1.14. The average molecular weight is 640 g/mol. The molecule has 2 aromatic heterocycles. The van der Waals surface area contributed by atoms with Crippen molar-refractivity contribution in [2.45, 2.75) is 6.42 Å². The molecular formula is C47H30N2O. The molecule has 0 spiro atoms. The van der Waals surface area contributed by atoms with Crippen LogP contribution in [0.15, 0.2) is 174 Å². The van der Waals surface area contributed by atoms with Crippen LogP contribution >= 0.6 is 0 Å². The van der Waals surface area contributed by atoms with E-state index in [2.05, 4.69) is 97.1 Å². The third kappa shape index (κ3) is 4.75. The molecule has 0 atom stereocenters. The zero-order chi connectivity index (χ0) is 33.9. The van der Waals surface area contributed by atoms with Crippen molar-refractivity contribution in [3.8, 4) is 33.8 Å². The van der Waals surface area contributed by atoms with Crippen molar-refractivity contribution in [1.82, 2.24) is 9.97 Å². The zero-order valence-corrected chi connectivity index (χ0v) is 27.1. The van der Waals surface area contributed by atoms with Crippen LogP contribution < -0.4 is 0 Å². The van der Waals surface area contributed by atoms with E-state index < -0.39 is 0 Å². The van der Waals surface area contributed by atoms with E-state index in [0.717, 1.165) is 55.6 Å². The van der Waals surface area contributed by atoms with Gasteiger partial charge in [-0.1, -0.05) is 140 Å². The molecule has 0 saturated heterocycles. The summed E-state index contributed by atoms with van der Waals surface area (Å²) in [5.74, 6) is 0.698. The molecule has 0 amide bonds. The zero-order valence-electron chi connectivity index (χ0n) is 28.1. The Morgan fingerprint density at radius 3 is 1.76 bits per heavy atom. The fraction of sp³-hybridized carbons (Fsp3) is 0.0213. The Morgan fingerprint density at radius 1 is 0.440 bits per heavy atom. The lowest BCUT2D eigenvalue weighted by Crippen LogP contribution is -2.00. The highest BCUT2D eigenvalue weighted by Crippen LogP contribution is 2.39. The second-order valence-electron chi connectivity index (χ2n) is 12.9. The fourth-order valence-corrected chi connectivity index (χ4v) is 7.49. The van der Waals surface area contributed by atoms with Gasteiger partial charge in [0.05, 0.1) is 7.06 Å². The largest absolute Gasteiger partial charge is 0.456 e. The Morgan fingerprint density at radius 2 is 1.04 bits per heavy atom. The summed E-state index contributed by atoms with van der Waals surface area (Å²) in [6.07, 6.45) is 0.584. The highest BCUT2D eigenvalue weighted by atomic mass is 16.3. The van der Waals surface area contributed by atoms with Crippen molar-refractivity contribution in [2.24, 2.45) is 0 Å². The van der Waals surface area contributed by atoms with Crippen LogP contribution in [-0.2, 0) is 6.42 Å². The van der Waals surface area contributed by atoms with Crippen LogP contribution in [0.3, 0.4) is 0 Å². The Bertz CT molecular complexity index is 2860. The van der Waals surface area contributed by atoms with Gasteiger partial charge in [-0.15, -0.1) is 0 Å². The number of hydrogen-bond acceptors (Lipinski definition) is 3. The molecule has 0 saturated carbocycles. The smallest absolute Gasteiger partial charge is 0.160 e. The Kier molecular flexibility index (Phi) is 6.32. The first-order valence-electron chi connectivity index (χ1n) is 17.4. The van der Waals surface area contributed by atoms with E-state index in [4.69, 9.17) is 15.8 Å². The highest BCUT2D eigenvalue weighted by Gasteiger charge is 2.16. The van der Waals surface area contributed by atoms with Crippen molar-refractivity contribution in [3.63, 3.8) is 0 Å². The summed E-state index contributed by atoms with van der Waals surface area (Å²) < 4.78 is 15.5. The minimum Gasteiger partial charge on any atom is -0.456 e. The fourth-order valence-electron chi connectivity index (χ4n) is 7.49. The lowest BCUT2D eigenvalue weighted by molar-refractivity contribution is 0.669. The van der Waals surface area contributed by atoms with Gasteiger partial charge in [0.2, 0.25) is 0 Å². The molecule has 0 unspecified atom stereocenters. The van der Waals surface area contributed by atoms with E-state index >= 15 is 0 Å². The van der Waals surface area contributed by atoms with Gasteiger partial charge in [-0.3, -0.25) is 0 Å². The quantitative estimate of drug-likeness (QED) is 0.176. The second-order valence-corrected chi connectivity index (χ2v) is 12.9. The van der Waals surface area contributed by atoms with E-state index in [0.29, 0.717) is 23.9 Å². The van der Waals surface area contributed by atoms with Crippen molar-refractivity contribution < 1.29 is 5.79 Å². The van der Waals surface area contributed by atoms with Gasteiger partial charge >= 0.3 is 0 Å². The number of hydrogen-bond donors (Lipinski definition) is 0. The third-order valence-electron chi connectivity index (χ3n) is 9.83.